The number of hydrogen-bond donors (Lipinski definition) is 0. The predicted molar refractivity (Wildman–Crippen MR) is 67.9 cm³/mol. The minimum Gasteiger partial charge on any atom is -0.468 e. The lowest BCUT2D eigenvalue weighted by atomic mass is 10.3. The van der Waals surface area contributed by atoms with Crippen LogP contribution in [-0.4, -0.2) is 42.6 Å². The van der Waals surface area contributed by atoms with Gasteiger partial charge in [-0.1, -0.05) is 6.92 Å². The quantitative estimate of drug-likeness (QED) is 0.723. The average Bonchev–Trinajstić information content (AvgIpc) is 3.01. The molecule has 2 aromatic heterocycles. The molecular formula is C9H12N6O2S2. The fraction of sp³-hybridized carbons (Fsp3) is 0.556. The Morgan fingerprint density at radius 2 is 2.37 bits per heavy atom. The Hall–Kier alpha value is -1.55. The Labute approximate surface area is 117 Å². The molecule has 2 rings (SSSR count). The van der Waals surface area contributed by atoms with E-state index in [-0.39, 0.29) is 6.54 Å². The van der Waals surface area contributed by atoms with E-state index in [1.807, 2.05) is 0 Å². The van der Waals surface area contributed by atoms with Gasteiger partial charge in [0.15, 0.2) is 4.34 Å². The molecule has 0 bridgehead atoms. The number of rotatable bonds is 6. The Morgan fingerprint density at radius 3 is 3.11 bits per heavy atom. The molecule has 0 N–H and O–H groups in total. The number of aryl methyl sites for hydroxylation is 1. The highest BCUT2D eigenvalue weighted by molar-refractivity contribution is 8.00. The van der Waals surface area contributed by atoms with Crippen LogP contribution in [0.15, 0.2) is 9.50 Å². The van der Waals surface area contributed by atoms with Gasteiger partial charge in [-0.3, -0.25) is 4.79 Å². The van der Waals surface area contributed by atoms with Crippen LogP contribution in [0.5, 0.6) is 0 Å². The van der Waals surface area contributed by atoms with E-state index in [0.717, 1.165) is 23.0 Å². The van der Waals surface area contributed by atoms with Gasteiger partial charge in [0.05, 0.1) is 7.11 Å². The van der Waals surface area contributed by atoms with Gasteiger partial charge in [0.25, 0.3) is 0 Å². The summed E-state index contributed by atoms with van der Waals surface area (Å²) in [6.45, 7) is 2.05. The minimum atomic E-state index is -0.405. The van der Waals surface area contributed by atoms with Crippen molar-refractivity contribution in [3.63, 3.8) is 0 Å². The van der Waals surface area contributed by atoms with Gasteiger partial charge < -0.3 is 4.74 Å². The molecule has 0 amide bonds. The Morgan fingerprint density at radius 1 is 1.53 bits per heavy atom. The molecule has 10 heteroatoms. The molecule has 0 atom stereocenters. The second-order valence-electron chi connectivity index (χ2n) is 3.52. The number of methoxy groups -OCH3 is 1. The van der Waals surface area contributed by atoms with Gasteiger partial charge in [0.1, 0.15) is 12.4 Å². The maximum atomic E-state index is 11.2. The summed E-state index contributed by atoms with van der Waals surface area (Å²) in [7, 11) is 1.32. The topological polar surface area (TPSA) is 95.7 Å². The smallest absolute Gasteiger partial charge is 0.327 e. The Balaban J connectivity index is 2.05. The van der Waals surface area contributed by atoms with Gasteiger partial charge in [-0.25, -0.2) is 9.67 Å². The van der Waals surface area contributed by atoms with Crippen molar-refractivity contribution in [1.29, 1.82) is 0 Å². The van der Waals surface area contributed by atoms with Gasteiger partial charge in [-0.2, -0.15) is 4.37 Å². The first-order valence-corrected chi connectivity index (χ1v) is 7.15. The monoisotopic (exact) mass is 300 g/mol. The third-order valence-electron chi connectivity index (χ3n) is 2.11. The van der Waals surface area contributed by atoms with Crippen LogP contribution in [0, 0.1) is 0 Å². The fourth-order valence-electron chi connectivity index (χ4n) is 1.24. The van der Waals surface area contributed by atoms with Crippen molar-refractivity contribution in [2.75, 3.05) is 7.11 Å². The van der Waals surface area contributed by atoms with Crippen molar-refractivity contribution in [3.8, 4) is 0 Å². The first-order chi connectivity index (χ1) is 9.22. The number of esters is 1. The summed E-state index contributed by atoms with van der Waals surface area (Å²) in [4.78, 5) is 15.6. The van der Waals surface area contributed by atoms with Gasteiger partial charge >= 0.3 is 5.97 Å². The third kappa shape index (κ3) is 3.70. The summed E-state index contributed by atoms with van der Waals surface area (Å²) in [5, 5.41) is 11.6. The van der Waals surface area contributed by atoms with Crippen LogP contribution < -0.4 is 0 Å². The number of tetrazole rings is 1. The summed E-state index contributed by atoms with van der Waals surface area (Å²) < 4.78 is 10.9. The van der Waals surface area contributed by atoms with Crippen LogP contribution in [-0.2, 0) is 22.5 Å². The van der Waals surface area contributed by atoms with Gasteiger partial charge in [-0.05, 0) is 40.1 Å². The Bertz CT molecular complexity index is 554. The van der Waals surface area contributed by atoms with Crippen LogP contribution in [0.25, 0.3) is 0 Å². The van der Waals surface area contributed by atoms with E-state index >= 15 is 0 Å². The molecule has 19 heavy (non-hydrogen) atoms. The molecular weight excluding hydrogens is 288 g/mol. The Kier molecular flexibility index (Phi) is 4.80. The van der Waals surface area contributed by atoms with Crippen LogP contribution in [0.4, 0.5) is 0 Å². The maximum absolute atomic E-state index is 11.2. The zero-order valence-electron chi connectivity index (χ0n) is 10.4. The summed E-state index contributed by atoms with van der Waals surface area (Å²) in [5.74, 6) is 0.417. The van der Waals surface area contributed by atoms with Crippen molar-refractivity contribution < 1.29 is 9.53 Å². The van der Waals surface area contributed by atoms with Crippen molar-refractivity contribution in [2.24, 2.45) is 0 Å². The molecule has 0 aliphatic heterocycles. The molecule has 0 spiro atoms. The fourth-order valence-corrected chi connectivity index (χ4v) is 2.78. The zero-order chi connectivity index (χ0) is 13.7. The summed E-state index contributed by atoms with van der Waals surface area (Å²) in [6.07, 6.45) is 1.85. The zero-order valence-corrected chi connectivity index (χ0v) is 12.1. The van der Waals surface area contributed by atoms with Crippen LogP contribution in [0.1, 0.15) is 19.2 Å². The number of aromatic nitrogens is 6. The second kappa shape index (κ2) is 6.57. The average molecular weight is 300 g/mol. The lowest BCUT2D eigenvalue weighted by molar-refractivity contribution is -0.141. The van der Waals surface area contributed by atoms with Gasteiger partial charge in [0, 0.05) is 6.42 Å². The molecule has 8 nitrogen and oxygen atoms in total. The standard InChI is InChI=1S/C9H12N6O2S2/c1-3-4-6-10-9(19-12-6)18-8-11-13-14-15(8)5-7(16)17-2/h3-5H2,1-2H3. The van der Waals surface area contributed by atoms with E-state index in [0.29, 0.717) is 5.16 Å². The second-order valence-corrected chi connectivity index (χ2v) is 5.49. The van der Waals surface area contributed by atoms with Crippen LogP contribution in [0.3, 0.4) is 0 Å². The summed E-state index contributed by atoms with van der Waals surface area (Å²) in [5.41, 5.74) is 0. The molecule has 0 fully saturated rings. The third-order valence-corrected chi connectivity index (χ3v) is 3.87. The highest BCUT2D eigenvalue weighted by Gasteiger charge is 2.14. The number of ether oxygens (including phenoxy) is 1. The van der Waals surface area contributed by atoms with Crippen molar-refractivity contribution in [3.05, 3.63) is 5.82 Å². The number of carbonyl (C=O) groups excluding carboxylic acids is 1. The van der Waals surface area contributed by atoms with Crippen molar-refractivity contribution >= 4 is 29.3 Å². The lowest BCUT2D eigenvalue weighted by Crippen LogP contribution is -2.13. The highest BCUT2D eigenvalue weighted by Crippen LogP contribution is 2.26. The van der Waals surface area contributed by atoms with Gasteiger partial charge in [-0.15, -0.1) is 5.10 Å². The van der Waals surface area contributed by atoms with E-state index in [9.17, 15) is 4.79 Å². The maximum Gasteiger partial charge on any atom is 0.327 e. The van der Waals surface area contributed by atoms with E-state index in [1.54, 1.807) is 0 Å². The number of carbonyl (C=O) groups is 1. The number of hydrogen-bond acceptors (Lipinski definition) is 9. The first kappa shape index (κ1) is 13.9. The molecule has 0 radical (unpaired) electrons. The minimum absolute atomic E-state index is 0.0214. The van der Waals surface area contributed by atoms with Crippen molar-refractivity contribution in [1.82, 2.24) is 29.6 Å². The summed E-state index contributed by atoms with van der Waals surface area (Å²) >= 11 is 2.58. The molecule has 0 aromatic carbocycles. The van der Waals surface area contributed by atoms with E-state index in [2.05, 4.69) is 36.5 Å². The molecule has 2 heterocycles. The van der Waals surface area contributed by atoms with Gasteiger partial charge in [0.2, 0.25) is 5.16 Å². The molecule has 0 saturated heterocycles. The predicted octanol–water partition coefficient (Wildman–Crippen LogP) is 0.801. The van der Waals surface area contributed by atoms with Crippen LogP contribution in [0.2, 0.25) is 0 Å². The molecule has 2 aromatic rings. The van der Waals surface area contributed by atoms with E-state index in [4.69, 9.17) is 0 Å². The SMILES string of the molecule is CCCc1nsc(Sc2nnnn2CC(=O)OC)n1. The molecule has 0 saturated carbocycles. The molecule has 0 aliphatic rings. The number of nitrogens with zero attached hydrogens (tertiary/aromatic N) is 6. The first-order valence-electron chi connectivity index (χ1n) is 5.56. The molecule has 102 valence electrons. The largest absolute Gasteiger partial charge is 0.468 e. The normalized spacial score (nSPS) is 10.6. The lowest BCUT2D eigenvalue weighted by Gasteiger charge is -2.00. The van der Waals surface area contributed by atoms with E-state index < -0.39 is 5.97 Å². The highest BCUT2D eigenvalue weighted by atomic mass is 32.2. The summed E-state index contributed by atoms with van der Waals surface area (Å²) in [6, 6.07) is 0. The molecule has 0 unspecified atom stereocenters. The van der Waals surface area contributed by atoms with Crippen molar-refractivity contribution in [2.45, 2.75) is 35.8 Å². The van der Waals surface area contributed by atoms with E-state index in [1.165, 1.54) is 35.1 Å². The molecule has 0 aliphatic carbocycles. The van der Waals surface area contributed by atoms with Crippen LogP contribution >= 0.6 is 23.3 Å².